The molecule has 3 fully saturated rings. The number of hydrogen-bond donors (Lipinski definition) is 4. The van der Waals surface area contributed by atoms with Crippen molar-refractivity contribution in [2.24, 2.45) is 0 Å². The number of amides is 2. The second-order valence-corrected chi connectivity index (χ2v) is 8.74. The number of ether oxygens (including phenoxy) is 2. The van der Waals surface area contributed by atoms with Crippen LogP contribution in [-0.2, 0) is 20.8 Å². The summed E-state index contributed by atoms with van der Waals surface area (Å²) in [4.78, 5) is 39.3. The van der Waals surface area contributed by atoms with Crippen LogP contribution in [0, 0.1) is 0 Å². The molecule has 0 aromatic carbocycles. The zero-order valence-corrected chi connectivity index (χ0v) is 18.1. The summed E-state index contributed by atoms with van der Waals surface area (Å²) in [6, 6.07) is 0.130. The van der Waals surface area contributed by atoms with Crippen molar-refractivity contribution < 1.29 is 29.3 Å². The summed E-state index contributed by atoms with van der Waals surface area (Å²) in [5, 5.41) is 23.8. The number of aliphatic hydroxyl groups is 2. The standard InChI is InChI=1S/C20H27N7O6/c1-32-20(31)26(10-3-2-4-10)7-11-24-16(21)12-17(25-11)27(8-22-12)19-14(29)13(28)15(33-19)18(30)23-9-5-6-9/h8-10,13-15,19,28-29H,2-7H2,1H3,(H,23,30)(H2,21,24,25)/t13?,14?,15-,19+/m0/s1. The van der Waals surface area contributed by atoms with Crippen LogP contribution >= 0.6 is 0 Å². The molecule has 2 aromatic heterocycles. The lowest BCUT2D eigenvalue weighted by Gasteiger charge is -2.35. The minimum Gasteiger partial charge on any atom is -0.453 e. The molecule has 2 unspecified atom stereocenters. The molecule has 2 saturated carbocycles. The fourth-order valence-electron chi connectivity index (χ4n) is 4.17. The number of imidazole rings is 1. The quantitative estimate of drug-likeness (QED) is 0.435. The molecular formula is C20H27N7O6. The van der Waals surface area contributed by atoms with Gasteiger partial charge in [-0.1, -0.05) is 0 Å². The van der Waals surface area contributed by atoms with Crippen LogP contribution in [0.25, 0.3) is 11.2 Å². The van der Waals surface area contributed by atoms with Gasteiger partial charge in [0.15, 0.2) is 29.6 Å². The van der Waals surface area contributed by atoms with E-state index in [1.54, 1.807) is 4.90 Å². The molecule has 5 N–H and O–H groups in total. The van der Waals surface area contributed by atoms with E-state index >= 15 is 0 Å². The van der Waals surface area contributed by atoms with Gasteiger partial charge in [0.2, 0.25) is 0 Å². The minimum absolute atomic E-state index is 0.0451. The fourth-order valence-corrected chi connectivity index (χ4v) is 4.17. The van der Waals surface area contributed by atoms with Gasteiger partial charge in [-0.2, -0.15) is 0 Å². The lowest BCUT2D eigenvalue weighted by atomic mass is 9.92. The highest BCUT2D eigenvalue weighted by molar-refractivity contribution is 5.83. The average molecular weight is 461 g/mol. The molecule has 4 atom stereocenters. The predicted octanol–water partition coefficient (Wildman–Crippen LogP) is -0.573. The Bertz CT molecular complexity index is 1070. The van der Waals surface area contributed by atoms with Gasteiger partial charge in [0.25, 0.3) is 5.91 Å². The number of nitrogens with one attached hydrogen (secondary N) is 1. The van der Waals surface area contributed by atoms with E-state index in [1.807, 2.05) is 0 Å². The van der Waals surface area contributed by atoms with Gasteiger partial charge in [0.1, 0.15) is 17.7 Å². The Hall–Kier alpha value is -3.03. The topological polar surface area (TPSA) is 178 Å². The van der Waals surface area contributed by atoms with Crippen LogP contribution in [0.1, 0.15) is 44.2 Å². The number of fused-ring (bicyclic) bond motifs is 1. The first-order valence-electron chi connectivity index (χ1n) is 11.0. The molecule has 3 aliphatic rings. The van der Waals surface area contributed by atoms with Crippen LogP contribution in [0.5, 0.6) is 0 Å². The number of anilines is 1. The van der Waals surface area contributed by atoms with E-state index in [9.17, 15) is 19.8 Å². The van der Waals surface area contributed by atoms with Gasteiger partial charge < -0.3 is 30.7 Å². The number of hydrogen-bond acceptors (Lipinski definition) is 10. The Morgan fingerprint density at radius 3 is 2.67 bits per heavy atom. The first-order valence-corrected chi connectivity index (χ1v) is 11.0. The summed E-state index contributed by atoms with van der Waals surface area (Å²) in [6.45, 7) is 0.0891. The molecule has 13 heteroatoms. The predicted molar refractivity (Wildman–Crippen MR) is 112 cm³/mol. The van der Waals surface area contributed by atoms with Gasteiger partial charge in [-0.3, -0.25) is 14.3 Å². The molecule has 13 nitrogen and oxygen atoms in total. The normalized spacial score (nSPS) is 27.4. The summed E-state index contributed by atoms with van der Waals surface area (Å²) in [7, 11) is 1.32. The monoisotopic (exact) mass is 461 g/mol. The van der Waals surface area contributed by atoms with Gasteiger partial charge in [-0.05, 0) is 32.1 Å². The van der Waals surface area contributed by atoms with Crippen LogP contribution in [0.2, 0.25) is 0 Å². The zero-order chi connectivity index (χ0) is 23.3. The molecule has 33 heavy (non-hydrogen) atoms. The summed E-state index contributed by atoms with van der Waals surface area (Å²) < 4.78 is 12.1. The van der Waals surface area contributed by atoms with Crippen molar-refractivity contribution in [2.75, 3.05) is 12.8 Å². The second kappa shape index (κ2) is 8.39. The van der Waals surface area contributed by atoms with Gasteiger partial charge in [0.05, 0.1) is 20.0 Å². The van der Waals surface area contributed by atoms with E-state index in [0.29, 0.717) is 0 Å². The highest BCUT2D eigenvalue weighted by Gasteiger charge is 2.48. The van der Waals surface area contributed by atoms with E-state index in [-0.39, 0.29) is 41.4 Å². The van der Waals surface area contributed by atoms with Crippen molar-refractivity contribution in [1.82, 2.24) is 29.7 Å². The molecule has 5 rings (SSSR count). The van der Waals surface area contributed by atoms with E-state index in [2.05, 4.69) is 20.3 Å². The van der Waals surface area contributed by atoms with E-state index in [4.69, 9.17) is 15.2 Å². The number of carbonyl (C=O) groups is 2. The summed E-state index contributed by atoms with van der Waals surface area (Å²) >= 11 is 0. The molecule has 1 aliphatic heterocycles. The Morgan fingerprint density at radius 1 is 1.27 bits per heavy atom. The molecular weight excluding hydrogens is 434 g/mol. The van der Waals surface area contributed by atoms with E-state index in [1.165, 1.54) is 18.0 Å². The van der Waals surface area contributed by atoms with Crippen LogP contribution in [0.3, 0.4) is 0 Å². The summed E-state index contributed by atoms with van der Waals surface area (Å²) in [5.41, 5.74) is 6.64. The van der Waals surface area contributed by atoms with Gasteiger partial charge in [0, 0.05) is 12.1 Å². The van der Waals surface area contributed by atoms with Crippen LogP contribution in [0.15, 0.2) is 6.33 Å². The van der Waals surface area contributed by atoms with Crippen molar-refractivity contribution in [3.63, 3.8) is 0 Å². The molecule has 0 bridgehead atoms. The molecule has 0 radical (unpaired) electrons. The van der Waals surface area contributed by atoms with Gasteiger partial charge in [-0.25, -0.2) is 19.7 Å². The van der Waals surface area contributed by atoms with E-state index < -0.39 is 36.5 Å². The lowest BCUT2D eigenvalue weighted by Crippen LogP contribution is -2.44. The van der Waals surface area contributed by atoms with Crippen molar-refractivity contribution in [3.8, 4) is 0 Å². The van der Waals surface area contributed by atoms with E-state index in [0.717, 1.165) is 32.1 Å². The van der Waals surface area contributed by atoms with Gasteiger partial charge in [-0.15, -0.1) is 0 Å². The number of carbonyl (C=O) groups excluding carboxylic acids is 2. The highest BCUT2D eigenvalue weighted by atomic mass is 16.6. The lowest BCUT2D eigenvalue weighted by molar-refractivity contribution is -0.137. The largest absolute Gasteiger partial charge is 0.453 e. The molecule has 2 aromatic rings. The third kappa shape index (κ3) is 3.96. The Kier molecular flexibility index (Phi) is 5.54. The number of nitrogens with zero attached hydrogens (tertiary/aromatic N) is 5. The first-order chi connectivity index (χ1) is 15.9. The highest BCUT2D eigenvalue weighted by Crippen LogP contribution is 2.33. The minimum atomic E-state index is -1.42. The Labute approximate surface area is 188 Å². The van der Waals surface area contributed by atoms with Crippen molar-refractivity contribution in [3.05, 3.63) is 12.2 Å². The summed E-state index contributed by atoms with van der Waals surface area (Å²) in [5.74, 6) is -0.0987. The number of nitrogens with two attached hydrogens (primary N) is 1. The third-order valence-corrected chi connectivity index (χ3v) is 6.43. The number of aromatic nitrogens is 4. The molecule has 1 saturated heterocycles. The van der Waals surface area contributed by atoms with Crippen molar-refractivity contribution >= 4 is 29.0 Å². The summed E-state index contributed by atoms with van der Waals surface area (Å²) in [6.07, 6.45) is 0.288. The third-order valence-electron chi connectivity index (χ3n) is 6.43. The maximum absolute atomic E-state index is 12.4. The molecule has 2 aliphatic carbocycles. The van der Waals surface area contributed by atoms with Crippen molar-refractivity contribution in [1.29, 1.82) is 0 Å². The zero-order valence-electron chi connectivity index (χ0n) is 18.1. The number of nitrogen functional groups attached to an aromatic ring is 1. The molecule has 2 amide bonds. The Morgan fingerprint density at radius 2 is 2.03 bits per heavy atom. The smallest absolute Gasteiger partial charge is 0.410 e. The number of methoxy groups -OCH3 is 1. The van der Waals surface area contributed by atoms with Crippen LogP contribution in [-0.4, -0.2) is 84.1 Å². The first kappa shape index (κ1) is 21.8. The van der Waals surface area contributed by atoms with Crippen LogP contribution < -0.4 is 11.1 Å². The molecule has 0 spiro atoms. The number of aliphatic hydroxyl groups excluding tert-OH is 2. The van der Waals surface area contributed by atoms with Gasteiger partial charge >= 0.3 is 6.09 Å². The maximum atomic E-state index is 12.4. The SMILES string of the molecule is COC(=O)N(Cc1nc(N)c2ncn([C@@H]3O[C@H](C(=O)NC4CC4)C(O)C3O)c2n1)C1CCC1. The fraction of sp³-hybridized carbons (Fsp3) is 0.650. The molecule has 3 heterocycles. The maximum Gasteiger partial charge on any atom is 0.410 e. The molecule has 178 valence electrons. The average Bonchev–Trinajstić information content (AvgIpc) is 3.39. The second-order valence-electron chi connectivity index (χ2n) is 8.74. The Balaban J connectivity index is 1.42. The number of rotatable bonds is 6. The van der Waals surface area contributed by atoms with Crippen molar-refractivity contribution in [2.45, 2.75) is 75.3 Å². The van der Waals surface area contributed by atoms with Crippen LogP contribution in [0.4, 0.5) is 10.6 Å².